The number of aromatic carboxylic acids is 1. The van der Waals surface area contributed by atoms with Gasteiger partial charge in [0.15, 0.2) is 0 Å². The van der Waals surface area contributed by atoms with E-state index in [0.29, 0.717) is 10.6 Å². The maximum Gasteiger partial charge on any atom is 0.337 e. The van der Waals surface area contributed by atoms with Gasteiger partial charge < -0.3 is 5.11 Å². The van der Waals surface area contributed by atoms with Gasteiger partial charge in [0.2, 0.25) is 0 Å². The number of nitrogens with zero attached hydrogens (tertiary/aromatic N) is 2. The standard InChI is InChI=1S/C14H10N2O2S/c1-9-2-4-12(11(6-9)7-15)19-13-5-3-10(8-16-13)14(17)18/h2-6,8H,1H3,(H,17,18). The Hall–Kier alpha value is -2.32. The maximum atomic E-state index is 10.7. The van der Waals surface area contributed by atoms with Gasteiger partial charge in [-0.3, -0.25) is 0 Å². The molecule has 1 aromatic heterocycles. The molecule has 1 aromatic carbocycles. The van der Waals surface area contributed by atoms with Crippen molar-refractivity contribution < 1.29 is 9.90 Å². The molecule has 1 N–H and O–H groups in total. The minimum Gasteiger partial charge on any atom is -0.478 e. The highest BCUT2D eigenvalue weighted by molar-refractivity contribution is 7.99. The zero-order valence-corrected chi connectivity index (χ0v) is 10.9. The number of pyridine rings is 1. The molecule has 0 saturated heterocycles. The van der Waals surface area contributed by atoms with Crippen LogP contribution in [0, 0.1) is 18.3 Å². The minimum atomic E-state index is -1.00. The molecule has 19 heavy (non-hydrogen) atoms. The van der Waals surface area contributed by atoms with E-state index in [4.69, 9.17) is 10.4 Å². The number of hydrogen-bond acceptors (Lipinski definition) is 4. The average molecular weight is 270 g/mol. The van der Waals surface area contributed by atoms with Crippen molar-refractivity contribution in [3.8, 4) is 6.07 Å². The number of aromatic nitrogens is 1. The third kappa shape index (κ3) is 3.12. The van der Waals surface area contributed by atoms with E-state index in [0.717, 1.165) is 10.5 Å². The van der Waals surface area contributed by atoms with E-state index in [-0.39, 0.29) is 5.56 Å². The molecule has 2 rings (SSSR count). The van der Waals surface area contributed by atoms with Crippen LogP contribution in [-0.4, -0.2) is 16.1 Å². The number of aryl methyl sites for hydroxylation is 1. The SMILES string of the molecule is Cc1ccc(Sc2ccc(C(=O)O)cn2)c(C#N)c1. The van der Waals surface area contributed by atoms with E-state index in [1.54, 1.807) is 6.07 Å². The Morgan fingerprint density at radius 3 is 2.74 bits per heavy atom. The molecule has 0 amide bonds. The summed E-state index contributed by atoms with van der Waals surface area (Å²) in [6.45, 7) is 1.93. The lowest BCUT2D eigenvalue weighted by Crippen LogP contribution is -1.96. The van der Waals surface area contributed by atoms with Crippen molar-refractivity contribution in [2.75, 3.05) is 0 Å². The summed E-state index contributed by atoms with van der Waals surface area (Å²) in [6.07, 6.45) is 1.31. The maximum absolute atomic E-state index is 10.7. The molecule has 0 aliphatic rings. The smallest absolute Gasteiger partial charge is 0.337 e. The third-order valence-electron chi connectivity index (χ3n) is 2.45. The lowest BCUT2D eigenvalue weighted by Gasteiger charge is -2.04. The third-order valence-corrected chi connectivity index (χ3v) is 3.48. The van der Waals surface area contributed by atoms with Gasteiger partial charge in [0.05, 0.1) is 11.1 Å². The number of benzene rings is 1. The highest BCUT2D eigenvalue weighted by Gasteiger charge is 2.07. The number of carboxylic acid groups (broad SMARTS) is 1. The molecule has 0 fully saturated rings. The lowest BCUT2D eigenvalue weighted by atomic mass is 10.2. The molecule has 0 spiro atoms. The van der Waals surface area contributed by atoms with Crippen LogP contribution in [0.3, 0.4) is 0 Å². The second-order valence-electron chi connectivity index (χ2n) is 3.90. The van der Waals surface area contributed by atoms with Gasteiger partial charge in [-0.1, -0.05) is 17.8 Å². The van der Waals surface area contributed by atoms with Crippen LogP contribution in [0.15, 0.2) is 46.5 Å². The molecule has 4 nitrogen and oxygen atoms in total. The molecule has 1 heterocycles. The first kappa shape index (κ1) is 13.1. The molecule has 0 unspecified atom stereocenters. The van der Waals surface area contributed by atoms with Crippen molar-refractivity contribution in [3.63, 3.8) is 0 Å². The van der Waals surface area contributed by atoms with Crippen LogP contribution in [0.2, 0.25) is 0 Å². The molecule has 0 atom stereocenters. The Morgan fingerprint density at radius 1 is 1.37 bits per heavy atom. The van der Waals surface area contributed by atoms with Gasteiger partial charge in [0, 0.05) is 11.1 Å². The molecule has 0 aliphatic heterocycles. The van der Waals surface area contributed by atoms with Gasteiger partial charge >= 0.3 is 5.97 Å². The van der Waals surface area contributed by atoms with Gasteiger partial charge in [-0.05, 0) is 36.8 Å². The minimum absolute atomic E-state index is 0.147. The van der Waals surface area contributed by atoms with Gasteiger partial charge in [0.25, 0.3) is 0 Å². The summed E-state index contributed by atoms with van der Waals surface area (Å²) in [5, 5.41) is 18.5. The number of hydrogen-bond donors (Lipinski definition) is 1. The molecule has 0 saturated carbocycles. The van der Waals surface area contributed by atoms with Crippen LogP contribution in [0.1, 0.15) is 21.5 Å². The number of rotatable bonds is 3. The topological polar surface area (TPSA) is 74.0 Å². The molecular formula is C14H10N2O2S. The monoisotopic (exact) mass is 270 g/mol. The van der Waals surface area contributed by atoms with E-state index in [9.17, 15) is 4.79 Å². The highest BCUT2D eigenvalue weighted by atomic mass is 32.2. The van der Waals surface area contributed by atoms with Crippen molar-refractivity contribution in [2.45, 2.75) is 16.8 Å². The Labute approximate surface area is 114 Å². The van der Waals surface area contributed by atoms with E-state index in [1.165, 1.54) is 24.0 Å². The van der Waals surface area contributed by atoms with Crippen molar-refractivity contribution >= 4 is 17.7 Å². The van der Waals surface area contributed by atoms with Crippen LogP contribution < -0.4 is 0 Å². The van der Waals surface area contributed by atoms with E-state index in [1.807, 2.05) is 25.1 Å². The fourth-order valence-electron chi connectivity index (χ4n) is 1.50. The Bertz CT molecular complexity index is 660. The van der Waals surface area contributed by atoms with Gasteiger partial charge in [-0.25, -0.2) is 9.78 Å². The number of nitriles is 1. The van der Waals surface area contributed by atoms with Crippen LogP contribution >= 0.6 is 11.8 Å². The van der Waals surface area contributed by atoms with Crippen LogP contribution in [0.4, 0.5) is 0 Å². The van der Waals surface area contributed by atoms with Crippen molar-refractivity contribution in [1.82, 2.24) is 4.98 Å². The van der Waals surface area contributed by atoms with Gasteiger partial charge in [-0.2, -0.15) is 5.26 Å². The molecule has 0 aliphatic carbocycles. The van der Waals surface area contributed by atoms with E-state index >= 15 is 0 Å². The normalized spacial score (nSPS) is 9.89. The molecule has 5 heteroatoms. The Balaban J connectivity index is 2.26. The summed E-state index contributed by atoms with van der Waals surface area (Å²) in [5.74, 6) is -1.00. The molecule has 94 valence electrons. The number of carbonyl (C=O) groups is 1. The predicted octanol–water partition coefficient (Wildman–Crippen LogP) is 3.11. The summed E-state index contributed by atoms with van der Waals surface area (Å²) in [5.41, 5.74) is 1.76. The fourth-order valence-corrected chi connectivity index (χ4v) is 2.32. The van der Waals surface area contributed by atoms with Crippen LogP contribution in [-0.2, 0) is 0 Å². The first-order valence-corrected chi connectivity index (χ1v) is 6.30. The Morgan fingerprint density at radius 2 is 2.16 bits per heavy atom. The second kappa shape index (κ2) is 5.55. The van der Waals surface area contributed by atoms with Gasteiger partial charge in [0.1, 0.15) is 11.1 Å². The van der Waals surface area contributed by atoms with E-state index < -0.39 is 5.97 Å². The summed E-state index contributed by atoms with van der Waals surface area (Å²) >= 11 is 1.34. The quantitative estimate of drug-likeness (QED) is 0.927. The predicted molar refractivity (Wildman–Crippen MR) is 71.2 cm³/mol. The first-order valence-electron chi connectivity index (χ1n) is 5.48. The summed E-state index contributed by atoms with van der Waals surface area (Å²) in [4.78, 5) is 15.6. The number of carboxylic acids is 1. The Kier molecular flexibility index (Phi) is 3.83. The van der Waals surface area contributed by atoms with E-state index in [2.05, 4.69) is 11.1 Å². The molecule has 0 bridgehead atoms. The zero-order chi connectivity index (χ0) is 13.8. The average Bonchev–Trinajstić information content (AvgIpc) is 2.41. The lowest BCUT2D eigenvalue weighted by molar-refractivity contribution is 0.0696. The highest BCUT2D eigenvalue weighted by Crippen LogP contribution is 2.29. The molecule has 0 radical (unpaired) electrons. The van der Waals surface area contributed by atoms with Crippen LogP contribution in [0.5, 0.6) is 0 Å². The van der Waals surface area contributed by atoms with Crippen molar-refractivity contribution in [3.05, 3.63) is 53.2 Å². The van der Waals surface area contributed by atoms with Gasteiger partial charge in [-0.15, -0.1) is 0 Å². The summed E-state index contributed by atoms with van der Waals surface area (Å²) in [6, 6.07) is 10.9. The zero-order valence-electron chi connectivity index (χ0n) is 10.1. The fraction of sp³-hybridized carbons (Fsp3) is 0.0714. The molecule has 2 aromatic rings. The van der Waals surface area contributed by atoms with Crippen molar-refractivity contribution in [1.29, 1.82) is 5.26 Å². The summed E-state index contributed by atoms with van der Waals surface area (Å²) < 4.78 is 0. The molecular weight excluding hydrogens is 260 g/mol. The summed E-state index contributed by atoms with van der Waals surface area (Å²) in [7, 11) is 0. The second-order valence-corrected chi connectivity index (χ2v) is 4.97. The first-order chi connectivity index (χ1) is 9.10. The van der Waals surface area contributed by atoms with Crippen molar-refractivity contribution in [2.24, 2.45) is 0 Å². The van der Waals surface area contributed by atoms with Crippen LogP contribution in [0.25, 0.3) is 0 Å². The largest absolute Gasteiger partial charge is 0.478 e.